The lowest BCUT2D eigenvalue weighted by Gasteiger charge is -2.39. The first-order valence-electron chi connectivity index (χ1n) is 8.09. The van der Waals surface area contributed by atoms with Gasteiger partial charge in [-0.15, -0.1) is 0 Å². The summed E-state index contributed by atoms with van der Waals surface area (Å²) >= 11 is 0. The summed E-state index contributed by atoms with van der Waals surface area (Å²) in [4.78, 5) is 25.2. The van der Waals surface area contributed by atoms with Crippen LogP contribution in [0.15, 0.2) is 54.6 Å². The highest BCUT2D eigenvalue weighted by molar-refractivity contribution is 6.02. The van der Waals surface area contributed by atoms with Gasteiger partial charge in [-0.3, -0.25) is 15.0 Å². The van der Waals surface area contributed by atoms with Gasteiger partial charge in [-0.25, -0.2) is 5.01 Å². The van der Waals surface area contributed by atoms with Crippen LogP contribution >= 0.6 is 0 Å². The molecule has 2 N–H and O–H groups in total. The van der Waals surface area contributed by atoms with E-state index in [-0.39, 0.29) is 30.3 Å². The van der Waals surface area contributed by atoms with Crippen LogP contribution in [0.4, 0.5) is 5.69 Å². The van der Waals surface area contributed by atoms with Gasteiger partial charge in [-0.2, -0.15) is 0 Å². The van der Waals surface area contributed by atoms with E-state index in [2.05, 4.69) is 10.7 Å². The Morgan fingerprint density at radius 2 is 1.79 bits per heavy atom. The Labute approximate surface area is 141 Å². The molecule has 24 heavy (non-hydrogen) atoms. The number of hydrogen-bond donors (Lipinski definition) is 2. The Balaban J connectivity index is 1.80. The topological polar surface area (TPSA) is 61.4 Å². The van der Waals surface area contributed by atoms with Crippen LogP contribution in [-0.2, 0) is 11.2 Å². The molecule has 0 aromatic heterocycles. The summed E-state index contributed by atoms with van der Waals surface area (Å²) in [5.41, 5.74) is 5.05. The van der Waals surface area contributed by atoms with Crippen molar-refractivity contribution < 1.29 is 9.59 Å². The smallest absolute Gasteiger partial charge is 0.276 e. The summed E-state index contributed by atoms with van der Waals surface area (Å²) in [5.74, 6) is -0.259. The van der Waals surface area contributed by atoms with E-state index in [9.17, 15) is 9.59 Å². The van der Waals surface area contributed by atoms with E-state index < -0.39 is 0 Å². The highest BCUT2D eigenvalue weighted by atomic mass is 16.2. The number of nitrogens with one attached hydrogen (secondary N) is 2. The normalized spacial score (nSPS) is 16.5. The average molecular weight is 323 g/mol. The standard InChI is InChI=1S/C19H21N3O2/c1-13(2)18-20-16-11-7-6-10-15(16)19(24)22(18)21-17(23)12-14-8-4-3-5-9-14/h3-11,13,18,20H,12H2,1-2H3,(H,21,23). The Kier molecular flexibility index (Phi) is 4.51. The van der Waals surface area contributed by atoms with E-state index >= 15 is 0 Å². The summed E-state index contributed by atoms with van der Waals surface area (Å²) in [7, 11) is 0. The summed E-state index contributed by atoms with van der Waals surface area (Å²) < 4.78 is 0. The Bertz CT molecular complexity index is 743. The molecule has 1 unspecified atom stereocenters. The van der Waals surface area contributed by atoms with Crippen LogP contribution in [0.2, 0.25) is 0 Å². The van der Waals surface area contributed by atoms with Crippen molar-refractivity contribution in [2.75, 3.05) is 5.32 Å². The molecule has 1 heterocycles. The number of para-hydroxylation sites is 1. The van der Waals surface area contributed by atoms with Crippen molar-refractivity contribution in [2.45, 2.75) is 26.4 Å². The van der Waals surface area contributed by atoms with Gasteiger partial charge >= 0.3 is 0 Å². The maximum absolute atomic E-state index is 12.8. The zero-order valence-electron chi connectivity index (χ0n) is 13.8. The molecule has 0 bridgehead atoms. The van der Waals surface area contributed by atoms with Crippen LogP contribution in [-0.4, -0.2) is 23.0 Å². The van der Waals surface area contributed by atoms with E-state index in [1.807, 2.05) is 62.4 Å². The van der Waals surface area contributed by atoms with Crippen LogP contribution in [0.25, 0.3) is 0 Å². The number of amides is 2. The molecule has 5 heteroatoms. The number of rotatable bonds is 4. The van der Waals surface area contributed by atoms with Crippen molar-refractivity contribution in [3.8, 4) is 0 Å². The van der Waals surface area contributed by atoms with E-state index in [0.717, 1.165) is 11.3 Å². The van der Waals surface area contributed by atoms with Gasteiger partial charge in [-0.05, 0) is 23.6 Å². The van der Waals surface area contributed by atoms with E-state index in [4.69, 9.17) is 0 Å². The number of hydrogen-bond acceptors (Lipinski definition) is 3. The van der Waals surface area contributed by atoms with Gasteiger partial charge in [0.05, 0.1) is 12.0 Å². The number of carbonyl (C=O) groups is 2. The van der Waals surface area contributed by atoms with Crippen molar-refractivity contribution in [1.82, 2.24) is 10.4 Å². The maximum Gasteiger partial charge on any atom is 0.276 e. The molecule has 0 radical (unpaired) electrons. The fourth-order valence-corrected chi connectivity index (χ4v) is 2.82. The molecule has 5 nitrogen and oxygen atoms in total. The minimum absolute atomic E-state index is 0.138. The Hall–Kier alpha value is -2.82. The third-order valence-corrected chi connectivity index (χ3v) is 4.04. The molecule has 124 valence electrons. The quantitative estimate of drug-likeness (QED) is 0.909. The number of carbonyl (C=O) groups excluding carboxylic acids is 2. The van der Waals surface area contributed by atoms with E-state index in [1.54, 1.807) is 6.07 Å². The third kappa shape index (κ3) is 3.25. The SMILES string of the molecule is CC(C)C1Nc2ccccc2C(=O)N1NC(=O)Cc1ccccc1. The Morgan fingerprint density at radius 1 is 1.12 bits per heavy atom. The van der Waals surface area contributed by atoms with Gasteiger partial charge in [-0.1, -0.05) is 56.3 Å². The molecule has 2 aromatic carbocycles. The fraction of sp³-hybridized carbons (Fsp3) is 0.263. The molecular formula is C19H21N3O2. The second-order valence-corrected chi connectivity index (χ2v) is 6.25. The van der Waals surface area contributed by atoms with Gasteiger partial charge in [0.1, 0.15) is 6.17 Å². The van der Waals surface area contributed by atoms with Crippen molar-refractivity contribution in [1.29, 1.82) is 0 Å². The molecule has 1 atom stereocenters. The number of anilines is 1. The monoisotopic (exact) mass is 323 g/mol. The average Bonchev–Trinajstić information content (AvgIpc) is 2.58. The molecule has 0 fully saturated rings. The van der Waals surface area contributed by atoms with Crippen LogP contribution in [0, 0.1) is 5.92 Å². The van der Waals surface area contributed by atoms with Crippen molar-refractivity contribution in [3.05, 3.63) is 65.7 Å². The summed E-state index contributed by atoms with van der Waals surface area (Å²) in [6, 6.07) is 16.8. The van der Waals surface area contributed by atoms with E-state index in [0.29, 0.717) is 5.56 Å². The largest absolute Gasteiger partial charge is 0.363 e. The highest BCUT2D eigenvalue weighted by Crippen LogP contribution is 2.26. The Morgan fingerprint density at radius 3 is 2.50 bits per heavy atom. The van der Waals surface area contributed by atoms with Crippen molar-refractivity contribution in [2.24, 2.45) is 5.92 Å². The number of hydrazine groups is 1. The molecule has 0 saturated heterocycles. The number of nitrogens with zero attached hydrogens (tertiary/aromatic N) is 1. The van der Waals surface area contributed by atoms with Crippen LogP contribution < -0.4 is 10.7 Å². The second kappa shape index (κ2) is 6.74. The van der Waals surface area contributed by atoms with Gasteiger partial charge < -0.3 is 5.32 Å². The third-order valence-electron chi connectivity index (χ3n) is 4.04. The summed E-state index contributed by atoms with van der Waals surface area (Å²) in [6.07, 6.45) is -0.0519. The lowest BCUT2D eigenvalue weighted by atomic mass is 10.0. The van der Waals surface area contributed by atoms with E-state index in [1.165, 1.54) is 5.01 Å². The number of fused-ring (bicyclic) bond motifs is 1. The van der Waals surface area contributed by atoms with Crippen LogP contribution in [0.3, 0.4) is 0 Å². The van der Waals surface area contributed by atoms with Crippen molar-refractivity contribution >= 4 is 17.5 Å². The van der Waals surface area contributed by atoms with Gasteiger partial charge in [0.25, 0.3) is 5.91 Å². The highest BCUT2D eigenvalue weighted by Gasteiger charge is 2.34. The molecule has 2 amide bonds. The predicted molar refractivity (Wildman–Crippen MR) is 93.1 cm³/mol. The fourth-order valence-electron chi connectivity index (χ4n) is 2.82. The number of benzene rings is 2. The van der Waals surface area contributed by atoms with Crippen LogP contribution in [0.5, 0.6) is 0 Å². The van der Waals surface area contributed by atoms with Gasteiger partial charge in [0, 0.05) is 5.69 Å². The maximum atomic E-state index is 12.8. The lowest BCUT2D eigenvalue weighted by molar-refractivity contribution is -0.125. The summed E-state index contributed by atoms with van der Waals surface area (Å²) in [5, 5.41) is 4.75. The van der Waals surface area contributed by atoms with Gasteiger partial charge in [0.2, 0.25) is 5.91 Å². The first-order chi connectivity index (χ1) is 11.6. The molecular weight excluding hydrogens is 302 g/mol. The molecule has 2 aromatic rings. The second-order valence-electron chi connectivity index (χ2n) is 6.25. The first-order valence-corrected chi connectivity index (χ1v) is 8.09. The summed E-state index contributed by atoms with van der Waals surface area (Å²) in [6.45, 7) is 4.02. The molecule has 0 spiro atoms. The molecule has 1 aliphatic rings. The molecule has 0 aliphatic carbocycles. The van der Waals surface area contributed by atoms with Gasteiger partial charge in [0.15, 0.2) is 0 Å². The lowest BCUT2D eigenvalue weighted by Crippen LogP contribution is -2.59. The molecule has 3 rings (SSSR count). The first kappa shape index (κ1) is 16.1. The zero-order valence-corrected chi connectivity index (χ0v) is 13.8. The minimum Gasteiger partial charge on any atom is -0.363 e. The minimum atomic E-state index is -0.285. The molecule has 1 aliphatic heterocycles. The molecule has 0 saturated carbocycles. The zero-order chi connectivity index (χ0) is 17.1. The van der Waals surface area contributed by atoms with Crippen LogP contribution in [0.1, 0.15) is 29.8 Å². The van der Waals surface area contributed by atoms with Crippen molar-refractivity contribution in [3.63, 3.8) is 0 Å². The predicted octanol–water partition coefficient (Wildman–Crippen LogP) is 2.81.